The van der Waals surface area contributed by atoms with Crippen LogP contribution < -0.4 is 5.73 Å². The standard InChI is InChI=1S/C7H10BrN3/c1-11-6(3-7(8)10-11)4-2-5(4)9/h3-5H,2,9H2,1H3/t4-,5-/m1/s1. The Balaban J connectivity index is 2.30. The lowest BCUT2D eigenvalue weighted by molar-refractivity contribution is 0.703. The van der Waals surface area contributed by atoms with Crippen LogP contribution in [0, 0.1) is 0 Å². The van der Waals surface area contributed by atoms with Crippen LogP contribution in [0.15, 0.2) is 10.7 Å². The van der Waals surface area contributed by atoms with Crippen LogP contribution in [-0.2, 0) is 7.05 Å². The number of aryl methyl sites for hydroxylation is 1. The molecule has 1 fully saturated rings. The van der Waals surface area contributed by atoms with Crippen molar-refractivity contribution in [2.45, 2.75) is 18.4 Å². The van der Waals surface area contributed by atoms with Crippen molar-refractivity contribution in [1.82, 2.24) is 9.78 Å². The minimum atomic E-state index is 0.359. The van der Waals surface area contributed by atoms with Crippen molar-refractivity contribution in [3.63, 3.8) is 0 Å². The quantitative estimate of drug-likeness (QED) is 0.760. The highest BCUT2D eigenvalue weighted by atomic mass is 79.9. The fraction of sp³-hybridized carbons (Fsp3) is 0.571. The van der Waals surface area contributed by atoms with Crippen molar-refractivity contribution in [3.05, 3.63) is 16.4 Å². The molecule has 0 aromatic carbocycles. The number of aromatic nitrogens is 2. The minimum absolute atomic E-state index is 0.359. The Bertz CT molecular complexity index is 281. The zero-order valence-corrected chi connectivity index (χ0v) is 7.87. The van der Waals surface area contributed by atoms with Crippen LogP contribution >= 0.6 is 15.9 Å². The second kappa shape index (κ2) is 2.32. The summed E-state index contributed by atoms with van der Waals surface area (Å²) in [5.41, 5.74) is 6.96. The van der Waals surface area contributed by atoms with Crippen molar-refractivity contribution in [2.75, 3.05) is 0 Å². The molecule has 0 saturated heterocycles. The second-order valence-electron chi connectivity index (χ2n) is 3.02. The van der Waals surface area contributed by atoms with Gasteiger partial charge in [0.15, 0.2) is 0 Å². The van der Waals surface area contributed by atoms with E-state index in [1.807, 2.05) is 17.8 Å². The molecule has 11 heavy (non-hydrogen) atoms. The van der Waals surface area contributed by atoms with E-state index in [9.17, 15) is 0 Å². The second-order valence-corrected chi connectivity index (χ2v) is 3.83. The summed E-state index contributed by atoms with van der Waals surface area (Å²) in [5.74, 6) is 0.541. The maximum absolute atomic E-state index is 5.72. The highest BCUT2D eigenvalue weighted by Crippen LogP contribution is 2.39. The molecule has 0 unspecified atom stereocenters. The van der Waals surface area contributed by atoms with E-state index in [0.717, 1.165) is 11.0 Å². The lowest BCUT2D eigenvalue weighted by Gasteiger charge is -1.96. The zero-order valence-electron chi connectivity index (χ0n) is 6.29. The summed E-state index contributed by atoms with van der Waals surface area (Å²) >= 11 is 3.33. The van der Waals surface area contributed by atoms with Crippen molar-refractivity contribution < 1.29 is 0 Å². The summed E-state index contributed by atoms with van der Waals surface area (Å²) in [6, 6.07) is 2.40. The summed E-state index contributed by atoms with van der Waals surface area (Å²) in [5, 5.41) is 4.18. The van der Waals surface area contributed by atoms with Crippen molar-refractivity contribution >= 4 is 15.9 Å². The monoisotopic (exact) mass is 215 g/mol. The van der Waals surface area contributed by atoms with Gasteiger partial charge < -0.3 is 5.73 Å². The van der Waals surface area contributed by atoms with Gasteiger partial charge in [0.2, 0.25) is 0 Å². The first kappa shape index (κ1) is 7.31. The molecule has 1 heterocycles. The number of halogens is 1. The van der Waals surface area contributed by atoms with Crippen LogP contribution in [0.1, 0.15) is 18.0 Å². The van der Waals surface area contributed by atoms with Gasteiger partial charge in [0, 0.05) is 24.7 Å². The summed E-state index contributed by atoms with van der Waals surface area (Å²) in [6.07, 6.45) is 1.10. The average molecular weight is 216 g/mol. The van der Waals surface area contributed by atoms with E-state index in [2.05, 4.69) is 21.0 Å². The van der Waals surface area contributed by atoms with Crippen LogP contribution in [0.2, 0.25) is 0 Å². The molecular formula is C7H10BrN3. The van der Waals surface area contributed by atoms with E-state index in [4.69, 9.17) is 5.73 Å². The number of nitrogens with zero attached hydrogens (tertiary/aromatic N) is 2. The van der Waals surface area contributed by atoms with E-state index >= 15 is 0 Å². The van der Waals surface area contributed by atoms with Crippen LogP contribution in [0.3, 0.4) is 0 Å². The van der Waals surface area contributed by atoms with Crippen LogP contribution in [-0.4, -0.2) is 15.8 Å². The summed E-state index contributed by atoms with van der Waals surface area (Å²) in [4.78, 5) is 0. The first-order valence-corrected chi connectivity index (χ1v) is 4.43. The van der Waals surface area contributed by atoms with E-state index in [0.29, 0.717) is 12.0 Å². The Labute approximate surface area is 73.7 Å². The predicted octanol–water partition coefficient (Wildman–Crippen LogP) is 0.997. The highest BCUT2D eigenvalue weighted by molar-refractivity contribution is 9.10. The van der Waals surface area contributed by atoms with Gasteiger partial charge in [-0.25, -0.2) is 0 Å². The maximum atomic E-state index is 5.72. The Kier molecular flexibility index (Phi) is 1.54. The topological polar surface area (TPSA) is 43.8 Å². The molecule has 2 atom stereocenters. The predicted molar refractivity (Wildman–Crippen MR) is 46.2 cm³/mol. The van der Waals surface area contributed by atoms with Gasteiger partial charge in [-0.15, -0.1) is 0 Å². The Morgan fingerprint density at radius 2 is 2.45 bits per heavy atom. The Morgan fingerprint density at radius 3 is 2.82 bits per heavy atom. The molecule has 60 valence electrons. The fourth-order valence-electron chi connectivity index (χ4n) is 1.35. The smallest absolute Gasteiger partial charge is 0.128 e. The normalized spacial score (nSPS) is 29.0. The lowest BCUT2D eigenvalue weighted by atomic mass is 10.3. The van der Waals surface area contributed by atoms with Crippen LogP contribution in [0.25, 0.3) is 0 Å². The maximum Gasteiger partial charge on any atom is 0.128 e. The molecule has 2 N–H and O–H groups in total. The summed E-state index contributed by atoms with van der Waals surface area (Å²) < 4.78 is 2.79. The average Bonchev–Trinajstić information content (AvgIpc) is 2.52. The van der Waals surface area contributed by atoms with Gasteiger partial charge >= 0.3 is 0 Å². The van der Waals surface area contributed by atoms with Gasteiger partial charge in [-0.2, -0.15) is 5.10 Å². The Morgan fingerprint density at radius 1 is 1.82 bits per heavy atom. The molecule has 3 nitrogen and oxygen atoms in total. The van der Waals surface area contributed by atoms with Crippen LogP contribution in [0.5, 0.6) is 0 Å². The van der Waals surface area contributed by atoms with Crippen LogP contribution in [0.4, 0.5) is 0 Å². The summed E-state index contributed by atoms with van der Waals surface area (Å²) in [7, 11) is 1.95. The molecule has 1 saturated carbocycles. The van der Waals surface area contributed by atoms with Crippen molar-refractivity contribution in [2.24, 2.45) is 12.8 Å². The molecule has 1 aromatic heterocycles. The third-order valence-corrected chi connectivity index (χ3v) is 2.49. The van der Waals surface area contributed by atoms with E-state index in [1.165, 1.54) is 5.69 Å². The minimum Gasteiger partial charge on any atom is -0.327 e. The number of nitrogens with two attached hydrogens (primary N) is 1. The molecule has 0 amide bonds. The van der Waals surface area contributed by atoms with E-state index in [-0.39, 0.29) is 0 Å². The van der Waals surface area contributed by atoms with Crippen molar-refractivity contribution in [3.8, 4) is 0 Å². The molecule has 1 aliphatic carbocycles. The van der Waals surface area contributed by atoms with Gasteiger partial charge in [0.1, 0.15) is 4.60 Å². The highest BCUT2D eigenvalue weighted by Gasteiger charge is 2.37. The van der Waals surface area contributed by atoms with Gasteiger partial charge in [-0.1, -0.05) is 0 Å². The van der Waals surface area contributed by atoms with E-state index in [1.54, 1.807) is 0 Å². The van der Waals surface area contributed by atoms with Gasteiger partial charge in [-0.3, -0.25) is 4.68 Å². The molecule has 0 radical (unpaired) electrons. The Hall–Kier alpha value is -0.350. The molecule has 1 aromatic rings. The first-order chi connectivity index (χ1) is 5.18. The lowest BCUT2D eigenvalue weighted by Crippen LogP contribution is -2.04. The zero-order chi connectivity index (χ0) is 8.01. The molecule has 4 heteroatoms. The van der Waals surface area contributed by atoms with Gasteiger partial charge in [0.05, 0.1) is 0 Å². The largest absolute Gasteiger partial charge is 0.327 e. The first-order valence-electron chi connectivity index (χ1n) is 3.63. The number of hydrogen-bond donors (Lipinski definition) is 1. The molecule has 0 aliphatic heterocycles. The van der Waals surface area contributed by atoms with Crippen molar-refractivity contribution in [1.29, 1.82) is 0 Å². The number of hydrogen-bond acceptors (Lipinski definition) is 2. The SMILES string of the molecule is Cn1nc(Br)cc1[C@@H]1C[C@H]1N. The van der Waals surface area contributed by atoms with Gasteiger partial charge in [0.25, 0.3) is 0 Å². The third kappa shape index (κ3) is 1.20. The molecular weight excluding hydrogens is 206 g/mol. The molecule has 1 aliphatic rings. The third-order valence-electron chi connectivity index (χ3n) is 2.11. The number of rotatable bonds is 1. The summed E-state index contributed by atoms with van der Waals surface area (Å²) in [6.45, 7) is 0. The van der Waals surface area contributed by atoms with Gasteiger partial charge in [-0.05, 0) is 28.4 Å². The molecule has 2 rings (SSSR count). The fourth-order valence-corrected chi connectivity index (χ4v) is 1.82. The molecule has 0 bridgehead atoms. The van der Waals surface area contributed by atoms with E-state index < -0.39 is 0 Å². The molecule has 0 spiro atoms.